The third-order valence-electron chi connectivity index (χ3n) is 3.09. The first-order chi connectivity index (χ1) is 8.06. The maximum absolute atomic E-state index is 5.79. The second-order valence-electron chi connectivity index (χ2n) is 3.89. The van der Waals surface area contributed by atoms with Crippen LogP contribution in [0, 0.1) is 0 Å². The highest BCUT2D eigenvalue weighted by Crippen LogP contribution is 2.31. The van der Waals surface area contributed by atoms with Crippen LogP contribution in [0.25, 0.3) is 0 Å². The summed E-state index contributed by atoms with van der Waals surface area (Å²) >= 11 is 7.61. The van der Waals surface area contributed by atoms with Gasteiger partial charge in [0, 0.05) is 11.3 Å². The Morgan fingerprint density at radius 3 is 2.65 bits per heavy atom. The fourth-order valence-electron chi connectivity index (χ4n) is 1.62. The van der Waals surface area contributed by atoms with E-state index in [4.69, 9.17) is 17.3 Å². The Labute approximate surface area is 112 Å². The Morgan fingerprint density at radius 1 is 1.47 bits per heavy atom. The third kappa shape index (κ3) is 3.64. The number of anilines is 2. The van der Waals surface area contributed by atoms with Gasteiger partial charge >= 0.3 is 0 Å². The number of hydrogen-bond acceptors (Lipinski definition) is 5. The molecule has 0 bridgehead atoms. The smallest absolute Gasteiger partial charge is 0.224 e. The van der Waals surface area contributed by atoms with Crippen molar-refractivity contribution in [2.24, 2.45) is 0 Å². The molecule has 1 heterocycles. The van der Waals surface area contributed by atoms with Crippen LogP contribution in [0.15, 0.2) is 6.20 Å². The maximum Gasteiger partial charge on any atom is 0.224 e. The van der Waals surface area contributed by atoms with Gasteiger partial charge in [-0.25, -0.2) is 4.98 Å². The molecular formula is C11H19ClN4S. The topological polar surface area (TPSA) is 63.8 Å². The molecule has 0 amide bonds. The molecule has 0 radical (unpaired) electrons. The first-order valence-electron chi connectivity index (χ1n) is 5.64. The fraction of sp³-hybridized carbons (Fsp3) is 0.636. The minimum absolute atomic E-state index is 0.212. The molecule has 17 heavy (non-hydrogen) atoms. The van der Waals surface area contributed by atoms with Gasteiger partial charge in [-0.1, -0.05) is 13.8 Å². The molecule has 1 aromatic heterocycles. The summed E-state index contributed by atoms with van der Waals surface area (Å²) in [5.41, 5.74) is 6.31. The number of nitrogen functional groups attached to an aromatic ring is 1. The lowest BCUT2D eigenvalue weighted by Gasteiger charge is -2.30. The normalized spacial score (nSPS) is 11.5. The van der Waals surface area contributed by atoms with Crippen LogP contribution in [-0.4, -0.2) is 27.5 Å². The molecule has 4 nitrogen and oxygen atoms in total. The first kappa shape index (κ1) is 14.4. The van der Waals surface area contributed by atoms with Gasteiger partial charge in [-0.3, -0.25) is 0 Å². The monoisotopic (exact) mass is 274 g/mol. The lowest BCUT2D eigenvalue weighted by atomic mass is 10.0. The first-order valence-corrected chi connectivity index (χ1v) is 7.24. The number of nitrogens with zero attached hydrogens (tertiary/aromatic N) is 2. The van der Waals surface area contributed by atoms with Crippen molar-refractivity contribution in [1.29, 1.82) is 0 Å². The van der Waals surface area contributed by atoms with E-state index in [0.717, 1.165) is 19.4 Å². The molecule has 0 aromatic carbocycles. The van der Waals surface area contributed by atoms with Crippen molar-refractivity contribution in [3.05, 3.63) is 11.5 Å². The highest BCUT2D eigenvalue weighted by Gasteiger charge is 2.24. The maximum atomic E-state index is 5.79. The van der Waals surface area contributed by atoms with Crippen LogP contribution in [0.1, 0.15) is 26.7 Å². The lowest BCUT2D eigenvalue weighted by Crippen LogP contribution is -2.32. The molecule has 1 aromatic rings. The number of nitrogens with one attached hydrogen (secondary N) is 1. The molecule has 0 unspecified atom stereocenters. The molecule has 0 atom stereocenters. The summed E-state index contributed by atoms with van der Waals surface area (Å²) in [6.45, 7) is 5.20. The van der Waals surface area contributed by atoms with Gasteiger partial charge in [-0.05, 0) is 30.7 Å². The Bertz CT molecular complexity index is 360. The van der Waals surface area contributed by atoms with Crippen molar-refractivity contribution < 1.29 is 0 Å². The van der Waals surface area contributed by atoms with Gasteiger partial charge in [0.1, 0.15) is 0 Å². The molecule has 0 fully saturated rings. The standard InChI is InChI=1S/C11H19ClN4S/c1-4-11(5-2,17-3)7-15-9-8(13)6-14-10(12)16-9/h6H,4-5,7,13H2,1-3H3,(H,14,15,16). The number of aromatic nitrogens is 2. The molecule has 0 aliphatic rings. The van der Waals surface area contributed by atoms with Crippen LogP contribution in [0.5, 0.6) is 0 Å². The second-order valence-corrected chi connectivity index (χ2v) is 5.50. The van der Waals surface area contributed by atoms with E-state index in [1.807, 2.05) is 11.8 Å². The third-order valence-corrected chi connectivity index (χ3v) is 4.86. The molecule has 0 saturated heterocycles. The summed E-state index contributed by atoms with van der Waals surface area (Å²) in [6, 6.07) is 0. The van der Waals surface area contributed by atoms with Gasteiger partial charge in [0.25, 0.3) is 0 Å². The molecule has 0 aliphatic heterocycles. The molecule has 0 saturated carbocycles. The summed E-state index contributed by atoms with van der Waals surface area (Å²) in [6.07, 6.45) is 5.84. The molecule has 96 valence electrons. The van der Waals surface area contributed by atoms with Crippen molar-refractivity contribution in [2.75, 3.05) is 23.9 Å². The van der Waals surface area contributed by atoms with Crippen LogP contribution < -0.4 is 11.1 Å². The Hall–Kier alpha value is -0.680. The zero-order valence-electron chi connectivity index (χ0n) is 10.5. The number of rotatable bonds is 6. The number of halogens is 1. The van der Waals surface area contributed by atoms with Gasteiger partial charge in [0.05, 0.1) is 11.9 Å². The van der Waals surface area contributed by atoms with E-state index in [1.165, 1.54) is 6.20 Å². The van der Waals surface area contributed by atoms with Crippen LogP contribution in [0.3, 0.4) is 0 Å². The average molecular weight is 275 g/mol. The minimum atomic E-state index is 0.212. The van der Waals surface area contributed by atoms with E-state index in [1.54, 1.807) is 0 Å². The molecular weight excluding hydrogens is 256 g/mol. The van der Waals surface area contributed by atoms with Crippen molar-refractivity contribution in [2.45, 2.75) is 31.4 Å². The predicted octanol–water partition coefficient (Wildman–Crippen LogP) is 3.05. The van der Waals surface area contributed by atoms with Gasteiger partial charge in [0.15, 0.2) is 5.82 Å². The minimum Gasteiger partial charge on any atom is -0.394 e. The van der Waals surface area contributed by atoms with Gasteiger partial charge < -0.3 is 11.1 Å². The van der Waals surface area contributed by atoms with E-state index >= 15 is 0 Å². The average Bonchev–Trinajstić information content (AvgIpc) is 2.35. The summed E-state index contributed by atoms with van der Waals surface area (Å²) < 4.78 is 0.212. The Balaban J connectivity index is 2.75. The number of nitrogens with two attached hydrogens (primary N) is 1. The van der Waals surface area contributed by atoms with Crippen LogP contribution in [-0.2, 0) is 0 Å². The van der Waals surface area contributed by atoms with Crippen LogP contribution >= 0.6 is 23.4 Å². The van der Waals surface area contributed by atoms with Gasteiger partial charge in [-0.15, -0.1) is 0 Å². The van der Waals surface area contributed by atoms with E-state index in [9.17, 15) is 0 Å². The quantitative estimate of drug-likeness (QED) is 0.781. The zero-order valence-corrected chi connectivity index (χ0v) is 12.0. The molecule has 0 spiro atoms. The van der Waals surface area contributed by atoms with E-state index in [0.29, 0.717) is 11.5 Å². The summed E-state index contributed by atoms with van der Waals surface area (Å²) in [4.78, 5) is 7.92. The molecule has 6 heteroatoms. The summed E-state index contributed by atoms with van der Waals surface area (Å²) in [7, 11) is 0. The van der Waals surface area contributed by atoms with Crippen molar-refractivity contribution in [3.63, 3.8) is 0 Å². The summed E-state index contributed by atoms with van der Waals surface area (Å²) in [5.74, 6) is 0.616. The second kappa shape index (κ2) is 6.31. The fourth-order valence-corrected chi connectivity index (χ4v) is 2.54. The SMILES string of the molecule is CCC(CC)(CNc1nc(Cl)ncc1N)SC. The molecule has 1 rings (SSSR count). The number of thioether (sulfide) groups is 1. The Morgan fingerprint density at radius 2 is 2.12 bits per heavy atom. The van der Waals surface area contributed by atoms with Crippen molar-refractivity contribution in [1.82, 2.24) is 9.97 Å². The highest BCUT2D eigenvalue weighted by atomic mass is 35.5. The van der Waals surface area contributed by atoms with Crippen molar-refractivity contribution in [3.8, 4) is 0 Å². The summed E-state index contributed by atoms with van der Waals surface area (Å²) in [5, 5.41) is 3.48. The van der Waals surface area contributed by atoms with E-state index < -0.39 is 0 Å². The largest absolute Gasteiger partial charge is 0.394 e. The van der Waals surface area contributed by atoms with Gasteiger partial charge in [0.2, 0.25) is 5.28 Å². The predicted molar refractivity (Wildman–Crippen MR) is 76.8 cm³/mol. The molecule has 3 N–H and O–H groups in total. The number of hydrogen-bond donors (Lipinski definition) is 2. The molecule has 0 aliphatic carbocycles. The van der Waals surface area contributed by atoms with Crippen LogP contribution in [0.2, 0.25) is 5.28 Å². The Kier molecular flexibility index (Phi) is 5.33. The lowest BCUT2D eigenvalue weighted by molar-refractivity contribution is 0.574. The van der Waals surface area contributed by atoms with Crippen LogP contribution in [0.4, 0.5) is 11.5 Å². The van der Waals surface area contributed by atoms with E-state index in [-0.39, 0.29) is 10.0 Å². The zero-order chi connectivity index (χ0) is 12.9. The van der Waals surface area contributed by atoms with Crippen molar-refractivity contribution >= 4 is 34.9 Å². The highest BCUT2D eigenvalue weighted by molar-refractivity contribution is 8.00. The van der Waals surface area contributed by atoms with Gasteiger partial charge in [-0.2, -0.15) is 16.7 Å². The van der Waals surface area contributed by atoms with E-state index in [2.05, 4.69) is 35.4 Å².